The summed E-state index contributed by atoms with van der Waals surface area (Å²) >= 11 is 0. The number of carbonyl (C=O) groups is 1. The van der Waals surface area contributed by atoms with Gasteiger partial charge in [0.2, 0.25) is 5.95 Å². The van der Waals surface area contributed by atoms with Crippen LogP contribution < -0.4 is 10.1 Å². The molecule has 4 rings (SSSR count). The Labute approximate surface area is 183 Å². The number of ether oxygens (including phenoxy) is 2. The second-order valence-corrected chi connectivity index (χ2v) is 9.00. The number of anilines is 2. The molecule has 0 spiro atoms. The van der Waals surface area contributed by atoms with Crippen LogP contribution in [0.3, 0.4) is 0 Å². The van der Waals surface area contributed by atoms with E-state index in [1.54, 1.807) is 0 Å². The number of hydrogen-bond donors (Lipinski definition) is 1. The van der Waals surface area contributed by atoms with Gasteiger partial charge < -0.3 is 19.4 Å². The van der Waals surface area contributed by atoms with Gasteiger partial charge in [-0.25, -0.2) is 9.78 Å². The van der Waals surface area contributed by atoms with E-state index in [0.717, 1.165) is 41.3 Å². The number of carbonyl (C=O) groups excluding carboxylic acids is 1. The van der Waals surface area contributed by atoms with Gasteiger partial charge in [-0.1, -0.05) is 20.3 Å². The lowest BCUT2D eigenvalue weighted by Gasteiger charge is -2.36. The molecule has 0 aliphatic heterocycles. The first kappa shape index (κ1) is 21.2. The van der Waals surface area contributed by atoms with Crippen molar-refractivity contribution in [1.29, 1.82) is 0 Å². The van der Waals surface area contributed by atoms with Crippen molar-refractivity contribution in [2.24, 2.45) is 5.41 Å². The van der Waals surface area contributed by atoms with Gasteiger partial charge in [0.1, 0.15) is 5.75 Å². The second-order valence-electron chi connectivity index (χ2n) is 9.00. The van der Waals surface area contributed by atoms with Crippen molar-refractivity contribution in [3.63, 3.8) is 0 Å². The minimum absolute atomic E-state index is 0.294. The summed E-state index contributed by atoms with van der Waals surface area (Å²) in [6, 6.07) is 13.9. The van der Waals surface area contributed by atoms with Crippen LogP contribution in [-0.4, -0.2) is 29.2 Å². The molecule has 1 aliphatic carbocycles. The number of fused-ring (bicyclic) bond motifs is 1. The third-order valence-electron chi connectivity index (χ3n) is 6.08. The number of methoxy groups -OCH3 is 1. The van der Waals surface area contributed by atoms with Crippen molar-refractivity contribution in [2.45, 2.75) is 52.5 Å². The summed E-state index contributed by atoms with van der Waals surface area (Å²) in [6.07, 6.45) is 4.64. The number of benzene rings is 2. The Morgan fingerprint density at radius 3 is 2.68 bits per heavy atom. The highest BCUT2D eigenvalue weighted by Gasteiger charge is 2.31. The van der Waals surface area contributed by atoms with E-state index < -0.39 is 0 Å². The Bertz CT molecular complexity index is 1070. The highest BCUT2D eigenvalue weighted by Crippen LogP contribution is 2.43. The SMILES string of the molecule is CCOc1ccc(Nc2nc3cc(C(=O)OC)ccc3n2C2CCCC(C)(C)C2)cc1. The van der Waals surface area contributed by atoms with Crippen LogP contribution >= 0.6 is 0 Å². The molecule has 3 aromatic rings. The van der Waals surface area contributed by atoms with Gasteiger partial charge in [0.15, 0.2) is 0 Å². The lowest BCUT2D eigenvalue weighted by molar-refractivity contribution is 0.0601. The molecule has 0 amide bonds. The number of aromatic nitrogens is 2. The summed E-state index contributed by atoms with van der Waals surface area (Å²) in [4.78, 5) is 16.9. The Balaban J connectivity index is 1.75. The van der Waals surface area contributed by atoms with Crippen LogP contribution in [0, 0.1) is 5.41 Å². The summed E-state index contributed by atoms with van der Waals surface area (Å²) < 4.78 is 12.8. The normalized spacial score (nSPS) is 18.0. The fraction of sp³-hybridized carbons (Fsp3) is 0.440. The zero-order valence-corrected chi connectivity index (χ0v) is 18.8. The monoisotopic (exact) mass is 421 g/mol. The fourth-order valence-corrected chi connectivity index (χ4v) is 4.61. The quantitative estimate of drug-likeness (QED) is 0.487. The number of imidazole rings is 1. The van der Waals surface area contributed by atoms with Gasteiger partial charge in [0.25, 0.3) is 0 Å². The minimum atomic E-state index is -0.351. The Morgan fingerprint density at radius 1 is 1.23 bits per heavy atom. The van der Waals surface area contributed by atoms with Gasteiger partial charge >= 0.3 is 5.97 Å². The van der Waals surface area contributed by atoms with Crippen LogP contribution in [0.4, 0.5) is 11.6 Å². The number of esters is 1. The standard InChI is InChI=1S/C25H31N3O3/c1-5-31-20-11-9-18(10-12-20)26-24-27-21-15-17(23(29)30-4)8-13-22(21)28(24)19-7-6-14-25(2,3)16-19/h8-13,15,19H,5-7,14,16H2,1-4H3,(H,26,27). The van der Waals surface area contributed by atoms with Crippen LogP contribution in [-0.2, 0) is 4.74 Å². The Hall–Kier alpha value is -3.02. The summed E-state index contributed by atoms with van der Waals surface area (Å²) in [5.74, 6) is 1.29. The summed E-state index contributed by atoms with van der Waals surface area (Å²) in [6.45, 7) is 7.30. The van der Waals surface area contributed by atoms with Crippen molar-refractivity contribution in [1.82, 2.24) is 9.55 Å². The highest BCUT2D eigenvalue weighted by atomic mass is 16.5. The van der Waals surface area contributed by atoms with Gasteiger partial charge in [-0.3, -0.25) is 0 Å². The molecule has 1 fully saturated rings. The van der Waals surface area contributed by atoms with Crippen molar-refractivity contribution in [2.75, 3.05) is 19.0 Å². The summed E-state index contributed by atoms with van der Waals surface area (Å²) in [7, 11) is 1.40. The van der Waals surface area contributed by atoms with Crippen LogP contribution in [0.5, 0.6) is 5.75 Å². The van der Waals surface area contributed by atoms with Crippen molar-refractivity contribution in [3.05, 3.63) is 48.0 Å². The average Bonchev–Trinajstić information content (AvgIpc) is 3.11. The molecule has 164 valence electrons. The van der Waals surface area contributed by atoms with E-state index in [-0.39, 0.29) is 5.97 Å². The smallest absolute Gasteiger partial charge is 0.337 e. The summed E-state index contributed by atoms with van der Waals surface area (Å²) in [5.41, 5.74) is 3.57. The number of nitrogens with zero attached hydrogens (tertiary/aromatic N) is 2. The molecule has 6 heteroatoms. The fourth-order valence-electron chi connectivity index (χ4n) is 4.61. The van der Waals surface area contributed by atoms with E-state index in [0.29, 0.717) is 23.6 Å². The van der Waals surface area contributed by atoms with Gasteiger partial charge in [-0.15, -0.1) is 0 Å². The molecule has 1 atom stereocenters. The first-order chi connectivity index (χ1) is 14.9. The summed E-state index contributed by atoms with van der Waals surface area (Å²) in [5, 5.41) is 3.50. The van der Waals surface area contributed by atoms with E-state index in [4.69, 9.17) is 14.5 Å². The molecular formula is C25H31N3O3. The molecule has 0 saturated heterocycles. The molecule has 31 heavy (non-hydrogen) atoms. The van der Waals surface area contributed by atoms with Crippen molar-refractivity contribution >= 4 is 28.6 Å². The topological polar surface area (TPSA) is 65.4 Å². The van der Waals surface area contributed by atoms with E-state index in [1.165, 1.54) is 20.0 Å². The molecule has 6 nitrogen and oxygen atoms in total. The molecule has 0 radical (unpaired) electrons. The number of rotatable bonds is 6. The molecule has 1 aromatic heterocycles. The first-order valence-electron chi connectivity index (χ1n) is 11.0. The highest BCUT2D eigenvalue weighted by molar-refractivity contribution is 5.94. The van der Waals surface area contributed by atoms with E-state index >= 15 is 0 Å². The van der Waals surface area contributed by atoms with Crippen LogP contribution in [0.15, 0.2) is 42.5 Å². The molecule has 0 bridgehead atoms. The van der Waals surface area contributed by atoms with Gasteiger partial charge in [0, 0.05) is 11.7 Å². The van der Waals surface area contributed by atoms with Gasteiger partial charge in [-0.05, 0) is 74.1 Å². The van der Waals surface area contributed by atoms with E-state index in [9.17, 15) is 4.79 Å². The largest absolute Gasteiger partial charge is 0.494 e. The van der Waals surface area contributed by atoms with Gasteiger partial charge in [-0.2, -0.15) is 0 Å². The zero-order chi connectivity index (χ0) is 22.0. The second kappa shape index (κ2) is 8.61. The van der Waals surface area contributed by atoms with Crippen LogP contribution in [0.25, 0.3) is 11.0 Å². The van der Waals surface area contributed by atoms with Crippen LogP contribution in [0.2, 0.25) is 0 Å². The van der Waals surface area contributed by atoms with Crippen molar-refractivity contribution < 1.29 is 14.3 Å². The zero-order valence-electron chi connectivity index (χ0n) is 18.8. The molecule has 2 aromatic carbocycles. The minimum Gasteiger partial charge on any atom is -0.494 e. The molecule has 1 unspecified atom stereocenters. The predicted octanol–water partition coefficient (Wildman–Crippen LogP) is 6.11. The average molecular weight is 422 g/mol. The van der Waals surface area contributed by atoms with Gasteiger partial charge in [0.05, 0.1) is 30.3 Å². The molecular weight excluding hydrogens is 390 g/mol. The van der Waals surface area contributed by atoms with Crippen LogP contribution in [0.1, 0.15) is 62.9 Å². The maximum atomic E-state index is 12.0. The first-order valence-corrected chi connectivity index (χ1v) is 11.0. The number of hydrogen-bond acceptors (Lipinski definition) is 5. The lowest BCUT2D eigenvalue weighted by atomic mass is 9.75. The Morgan fingerprint density at radius 2 is 2.00 bits per heavy atom. The van der Waals surface area contributed by atoms with E-state index in [2.05, 4.69) is 23.7 Å². The third kappa shape index (κ3) is 4.53. The maximum Gasteiger partial charge on any atom is 0.337 e. The van der Waals surface area contributed by atoms with E-state index in [1.807, 2.05) is 49.4 Å². The Kier molecular flexibility index (Phi) is 5.90. The molecule has 1 aliphatic rings. The maximum absolute atomic E-state index is 12.0. The third-order valence-corrected chi connectivity index (χ3v) is 6.08. The lowest BCUT2D eigenvalue weighted by Crippen LogP contribution is -2.25. The molecule has 1 heterocycles. The number of nitrogens with one attached hydrogen (secondary N) is 1. The van der Waals surface area contributed by atoms with Crippen molar-refractivity contribution in [3.8, 4) is 5.75 Å². The molecule has 1 N–H and O–H groups in total. The predicted molar refractivity (Wildman–Crippen MR) is 123 cm³/mol. The molecule has 1 saturated carbocycles.